The first-order chi connectivity index (χ1) is 6.81. The molecule has 0 aliphatic heterocycles. The van der Waals surface area contributed by atoms with Gasteiger partial charge in [0, 0.05) is 11.3 Å². The van der Waals surface area contributed by atoms with Gasteiger partial charge >= 0.3 is 0 Å². The van der Waals surface area contributed by atoms with Gasteiger partial charge in [0.25, 0.3) is 0 Å². The molecule has 0 bridgehead atoms. The summed E-state index contributed by atoms with van der Waals surface area (Å²) in [6.07, 6.45) is 4.40. The van der Waals surface area contributed by atoms with Crippen molar-refractivity contribution in [2.24, 2.45) is 5.92 Å². The van der Waals surface area contributed by atoms with Crippen LogP contribution >= 0.6 is 11.3 Å². The molecule has 74 valence electrons. The Kier molecular flexibility index (Phi) is 2.83. The number of hydrogen-bond donors (Lipinski definition) is 0. The Bertz CT molecular complexity index is 350. The van der Waals surface area contributed by atoms with Gasteiger partial charge in [-0.25, -0.2) is 4.98 Å². The Hall–Kier alpha value is -0.880. The summed E-state index contributed by atoms with van der Waals surface area (Å²) in [5, 5.41) is 11.8. The first kappa shape index (κ1) is 9.67. The molecular weight excluding hydrogens is 192 g/mol. The van der Waals surface area contributed by atoms with Crippen LogP contribution in [0.3, 0.4) is 0 Å². The average molecular weight is 206 g/mol. The normalized spacial score (nSPS) is 26.3. The van der Waals surface area contributed by atoms with Crippen molar-refractivity contribution >= 4 is 11.3 Å². The van der Waals surface area contributed by atoms with E-state index in [-0.39, 0.29) is 0 Å². The molecular formula is C11H14N2S. The highest BCUT2D eigenvalue weighted by atomic mass is 32.1. The van der Waals surface area contributed by atoms with Crippen LogP contribution in [0, 0.1) is 17.2 Å². The largest absolute Gasteiger partial charge is 0.245 e. The van der Waals surface area contributed by atoms with Crippen molar-refractivity contribution in [3.8, 4) is 6.07 Å². The Morgan fingerprint density at radius 2 is 2.50 bits per heavy atom. The van der Waals surface area contributed by atoms with E-state index in [4.69, 9.17) is 5.26 Å². The monoisotopic (exact) mass is 206 g/mol. The Morgan fingerprint density at radius 1 is 1.64 bits per heavy atom. The molecule has 1 aliphatic carbocycles. The Morgan fingerprint density at radius 3 is 3.14 bits per heavy atom. The minimum Gasteiger partial charge on any atom is -0.245 e. The third-order valence-electron chi connectivity index (χ3n) is 3.01. The Labute approximate surface area is 88.6 Å². The molecule has 1 saturated carbocycles. The van der Waals surface area contributed by atoms with Gasteiger partial charge in [-0.3, -0.25) is 0 Å². The number of aromatic nitrogens is 1. The van der Waals surface area contributed by atoms with E-state index in [9.17, 15) is 0 Å². The molecule has 0 spiro atoms. The van der Waals surface area contributed by atoms with E-state index < -0.39 is 0 Å². The maximum atomic E-state index is 8.56. The number of hydrogen-bond acceptors (Lipinski definition) is 3. The molecule has 0 amide bonds. The zero-order valence-electron chi connectivity index (χ0n) is 8.36. The second kappa shape index (κ2) is 4.10. The number of rotatable bonds is 2. The molecule has 2 unspecified atom stereocenters. The number of thiazole rings is 1. The van der Waals surface area contributed by atoms with Crippen LogP contribution in [-0.2, 0) is 6.42 Å². The van der Waals surface area contributed by atoms with Gasteiger partial charge < -0.3 is 0 Å². The third kappa shape index (κ3) is 1.80. The molecule has 1 fully saturated rings. The molecule has 3 heteroatoms. The fourth-order valence-electron chi connectivity index (χ4n) is 2.17. The van der Waals surface area contributed by atoms with Crippen LogP contribution in [0.15, 0.2) is 5.38 Å². The lowest BCUT2D eigenvalue weighted by Crippen LogP contribution is -2.01. The van der Waals surface area contributed by atoms with Crippen molar-refractivity contribution in [1.82, 2.24) is 4.98 Å². The smallest absolute Gasteiger partial charge is 0.0962 e. The molecule has 0 aromatic carbocycles. The van der Waals surface area contributed by atoms with Crippen LogP contribution in [0.5, 0.6) is 0 Å². The lowest BCUT2D eigenvalue weighted by molar-refractivity contribution is 0.530. The molecule has 14 heavy (non-hydrogen) atoms. The molecule has 1 heterocycles. The summed E-state index contributed by atoms with van der Waals surface area (Å²) >= 11 is 1.73. The minimum absolute atomic E-state index is 0.456. The minimum atomic E-state index is 0.456. The van der Waals surface area contributed by atoms with E-state index >= 15 is 0 Å². The highest BCUT2D eigenvalue weighted by molar-refractivity contribution is 7.09. The van der Waals surface area contributed by atoms with Gasteiger partial charge in [0.15, 0.2) is 0 Å². The zero-order valence-corrected chi connectivity index (χ0v) is 9.18. The zero-order chi connectivity index (χ0) is 9.97. The summed E-state index contributed by atoms with van der Waals surface area (Å²) < 4.78 is 0. The lowest BCUT2D eigenvalue weighted by Gasteiger charge is -2.10. The van der Waals surface area contributed by atoms with E-state index in [0.717, 1.165) is 11.6 Å². The van der Waals surface area contributed by atoms with Crippen LogP contribution in [0.4, 0.5) is 0 Å². The predicted octanol–water partition coefficient (Wildman–Crippen LogP) is 3.11. The average Bonchev–Trinajstić information content (AvgIpc) is 2.74. The van der Waals surface area contributed by atoms with Crippen LogP contribution in [0.2, 0.25) is 0 Å². The van der Waals surface area contributed by atoms with E-state index in [1.54, 1.807) is 11.3 Å². The summed E-state index contributed by atoms with van der Waals surface area (Å²) in [6, 6.07) is 2.14. The second-order valence-electron chi connectivity index (χ2n) is 4.03. The van der Waals surface area contributed by atoms with Gasteiger partial charge in [-0.15, -0.1) is 11.3 Å². The summed E-state index contributed by atoms with van der Waals surface area (Å²) in [4.78, 5) is 4.53. The summed E-state index contributed by atoms with van der Waals surface area (Å²) in [6.45, 7) is 2.31. The highest BCUT2D eigenvalue weighted by Crippen LogP contribution is 2.40. The molecule has 0 N–H and O–H groups in total. The molecule has 2 rings (SSSR count). The number of nitriles is 1. The first-order valence-corrected chi connectivity index (χ1v) is 6.00. The summed E-state index contributed by atoms with van der Waals surface area (Å²) in [5.41, 5.74) is 0.951. The van der Waals surface area contributed by atoms with E-state index in [2.05, 4.69) is 18.0 Å². The molecule has 1 aromatic heterocycles. The molecule has 2 atom stereocenters. The van der Waals surface area contributed by atoms with E-state index in [1.807, 2.05) is 5.38 Å². The van der Waals surface area contributed by atoms with Crippen molar-refractivity contribution in [2.75, 3.05) is 0 Å². The first-order valence-electron chi connectivity index (χ1n) is 5.12. The predicted molar refractivity (Wildman–Crippen MR) is 57.2 cm³/mol. The van der Waals surface area contributed by atoms with Crippen molar-refractivity contribution in [3.05, 3.63) is 16.1 Å². The molecule has 0 saturated heterocycles. The van der Waals surface area contributed by atoms with Crippen molar-refractivity contribution in [1.29, 1.82) is 5.26 Å². The van der Waals surface area contributed by atoms with Crippen molar-refractivity contribution in [2.45, 2.75) is 38.5 Å². The SMILES string of the molecule is CC1CCCC1c1nc(CC#N)cs1. The van der Waals surface area contributed by atoms with Gasteiger partial charge in [0.1, 0.15) is 0 Å². The standard InChI is InChI=1S/C11H14N2S/c1-8-3-2-4-10(8)11-13-9(5-6-12)7-14-11/h7-8,10H,2-5H2,1H3. The molecule has 0 radical (unpaired) electrons. The molecule has 1 aromatic rings. The van der Waals surface area contributed by atoms with Crippen molar-refractivity contribution < 1.29 is 0 Å². The fourth-order valence-corrected chi connectivity index (χ4v) is 3.26. The fraction of sp³-hybridized carbons (Fsp3) is 0.636. The highest BCUT2D eigenvalue weighted by Gasteiger charge is 2.27. The van der Waals surface area contributed by atoms with Crippen LogP contribution in [0.25, 0.3) is 0 Å². The number of nitrogens with zero attached hydrogens (tertiary/aromatic N) is 2. The summed E-state index contributed by atoms with van der Waals surface area (Å²) in [5.74, 6) is 1.43. The topological polar surface area (TPSA) is 36.7 Å². The lowest BCUT2D eigenvalue weighted by atomic mass is 9.99. The van der Waals surface area contributed by atoms with E-state index in [0.29, 0.717) is 12.3 Å². The van der Waals surface area contributed by atoms with Crippen LogP contribution in [0.1, 0.15) is 42.8 Å². The van der Waals surface area contributed by atoms with Crippen LogP contribution < -0.4 is 0 Å². The Balaban J connectivity index is 2.12. The quantitative estimate of drug-likeness (QED) is 0.745. The molecule has 1 aliphatic rings. The van der Waals surface area contributed by atoms with Crippen molar-refractivity contribution in [3.63, 3.8) is 0 Å². The van der Waals surface area contributed by atoms with Gasteiger partial charge in [-0.2, -0.15) is 5.26 Å². The third-order valence-corrected chi connectivity index (χ3v) is 4.03. The summed E-state index contributed by atoms with van der Waals surface area (Å²) in [7, 11) is 0. The maximum absolute atomic E-state index is 8.56. The molecule has 2 nitrogen and oxygen atoms in total. The van der Waals surface area contributed by atoms with Gasteiger partial charge in [0.05, 0.1) is 23.2 Å². The van der Waals surface area contributed by atoms with Crippen LogP contribution in [-0.4, -0.2) is 4.98 Å². The van der Waals surface area contributed by atoms with Gasteiger partial charge in [-0.05, 0) is 12.3 Å². The van der Waals surface area contributed by atoms with Gasteiger partial charge in [-0.1, -0.05) is 19.8 Å². The van der Waals surface area contributed by atoms with E-state index in [1.165, 1.54) is 24.3 Å². The maximum Gasteiger partial charge on any atom is 0.0962 e. The second-order valence-corrected chi connectivity index (χ2v) is 4.92. The van der Waals surface area contributed by atoms with Gasteiger partial charge in [0.2, 0.25) is 0 Å².